The largest absolute Gasteiger partial charge is 0.459 e. The number of fused-ring (bicyclic) bond motifs is 2. The van der Waals surface area contributed by atoms with Crippen LogP contribution in [-0.4, -0.2) is 102 Å². The zero-order valence-corrected chi connectivity index (χ0v) is 46.9. The third-order valence-corrected chi connectivity index (χ3v) is 15.8. The van der Waals surface area contributed by atoms with Crippen molar-refractivity contribution < 1.29 is 48.7 Å². The van der Waals surface area contributed by atoms with Crippen LogP contribution in [0.5, 0.6) is 11.5 Å². The molecular weight excluding hydrogens is 959 g/mol. The normalized spacial score (nSPS) is 21.0. The van der Waals surface area contributed by atoms with Crippen LogP contribution in [0.2, 0.25) is 0 Å². The number of benzene rings is 2. The maximum Gasteiger partial charge on any atom is 0.412 e. The predicted molar refractivity (Wildman–Crippen MR) is 304 cm³/mol. The molecular formula is C63H99N3O10. The zero-order chi connectivity index (χ0) is 54.1. The Balaban J connectivity index is 1.55. The summed E-state index contributed by atoms with van der Waals surface area (Å²) in [6, 6.07) is 14.8. The average molecular weight is 1060 g/mol. The second-order valence-corrected chi connectivity index (χ2v) is 21.5. The van der Waals surface area contributed by atoms with Crippen molar-refractivity contribution in [1.29, 1.82) is 0 Å². The van der Waals surface area contributed by atoms with Crippen molar-refractivity contribution in [2.24, 2.45) is 22.9 Å². The number of carbonyl (C=O) groups is 2. The lowest BCUT2D eigenvalue weighted by Gasteiger charge is -2.60. The van der Waals surface area contributed by atoms with Gasteiger partial charge in [-0.15, -0.1) is 6.58 Å². The van der Waals surface area contributed by atoms with E-state index in [0.29, 0.717) is 43.0 Å². The first-order valence-corrected chi connectivity index (χ1v) is 30.0. The second kappa shape index (κ2) is 36.8. The molecule has 0 aromatic heterocycles. The van der Waals surface area contributed by atoms with Crippen LogP contribution < -0.4 is 14.8 Å². The molecule has 2 aromatic carbocycles. The lowest BCUT2D eigenvalue weighted by atomic mass is 9.55. The number of unbranched alkanes of at least 4 members (excludes halogenated alkanes) is 19. The number of hydrogen-bond acceptors (Lipinski definition) is 11. The highest BCUT2D eigenvalue weighted by Crippen LogP contribution is 2.62. The van der Waals surface area contributed by atoms with E-state index in [-0.39, 0.29) is 82.9 Å². The maximum absolute atomic E-state index is 15.1. The summed E-state index contributed by atoms with van der Waals surface area (Å²) in [6.45, 7) is 10.1. The topological polar surface area (TPSA) is 169 Å². The van der Waals surface area contributed by atoms with Gasteiger partial charge < -0.3 is 49.3 Å². The van der Waals surface area contributed by atoms with Gasteiger partial charge in [-0.3, -0.25) is 4.79 Å². The number of aliphatic hydroxyl groups excluding tert-OH is 3. The molecule has 13 heteroatoms. The summed E-state index contributed by atoms with van der Waals surface area (Å²) in [7, 11) is 0. The smallest absolute Gasteiger partial charge is 0.412 e. The maximum atomic E-state index is 15.1. The summed E-state index contributed by atoms with van der Waals surface area (Å²) < 4.78 is 26.7. The molecule has 1 heterocycles. The monoisotopic (exact) mass is 1060 g/mol. The van der Waals surface area contributed by atoms with Crippen LogP contribution in [0.1, 0.15) is 204 Å². The van der Waals surface area contributed by atoms with Gasteiger partial charge in [0.2, 0.25) is 11.7 Å². The van der Waals surface area contributed by atoms with E-state index in [1.165, 1.54) is 77.0 Å². The van der Waals surface area contributed by atoms with Gasteiger partial charge in [0.15, 0.2) is 0 Å². The molecule has 426 valence electrons. The fourth-order valence-corrected chi connectivity index (χ4v) is 11.9. The number of allylic oxidation sites excluding steroid dienone is 1. The Bertz CT molecular complexity index is 2000. The van der Waals surface area contributed by atoms with Gasteiger partial charge >= 0.3 is 6.09 Å². The highest BCUT2D eigenvalue weighted by Gasteiger charge is 2.65. The highest BCUT2D eigenvalue weighted by molar-refractivity contribution is 6.03. The molecule has 5 rings (SSSR count). The van der Waals surface area contributed by atoms with Gasteiger partial charge in [-0.25, -0.2) is 4.79 Å². The average Bonchev–Trinajstić information content (AvgIpc) is 3.56. The van der Waals surface area contributed by atoms with E-state index >= 15 is 4.79 Å². The van der Waals surface area contributed by atoms with Crippen molar-refractivity contribution >= 4 is 17.7 Å². The van der Waals surface area contributed by atoms with E-state index in [2.05, 4.69) is 31.8 Å². The summed E-state index contributed by atoms with van der Waals surface area (Å²) in [5.74, 6) is -1.27. The van der Waals surface area contributed by atoms with Crippen molar-refractivity contribution in [3.8, 4) is 11.5 Å². The molecule has 0 saturated heterocycles. The SMILES string of the molecule is C=CCOC12Oc3ccc(OC(=O)NCCCCCCCCCCCC)cc3C3C(CCCCO)C(CCCCO)C=C(C(=NOCc4ccccc4)CC1N(CCOCCO)C(=O)CCCCCCCCCCC)C32. The van der Waals surface area contributed by atoms with E-state index in [4.69, 9.17) is 28.9 Å². The van der Waals surface area contributed by atoms with E-state index in [1.807, 2.05) is 47.4 Å². The Kier molecular flexibility index (Phi) is 30.3. The van der Waals surface area contributed by atoms with Crippen LogP contribution >= 0.6 is 0 Å². The molecule has 76 heavy (non-hydrogen) atoms. The van der Waals surface area contributed by atoms with E-state index in [1.54, 1.807) is 12.1 Å². The molecule has 3 aliphatic rings. The number of oxime groups is 1. The molecule has 1 fully saturated rings. The van der Waals surface area contributed by atoms with E-state index in [9.17, 15) is 20.1 Å². The Hall–Kier alpha value is -4.27. The van der Waals surface area contributed by atoms with Crippen molar-refractivity contribution in [2.75, 3.05) is 52.7 Å². The molecule has 2 amide bonds. The number of nitrogens with zero attached hydrogens (tertiary/aromatic N) is 2. The van der Waals surface area contributed by atoms with E-state index in [0.717, 1.165) is 87.3 Å². The second-order valence-electron chi connectivity index (χ2n) is 21.5. The number of aliphatic hydroxyl groups is 3. The number of ether oxygens (including phenoxy) is 4. The lowest BCUT2D eigenvalue weighted by Crippen LogP contribution is -2.70. The van der Waals surface area contributed by atoms with Crippen LogP contribution in [0.25, 0.3) is 0 Å². The van der Waals surface area contributed by atoms with Gasteiger partial charge in [0, 0.05) is 50.6 Å². The molecule has 0 spiro atoms. The van der Waals surface area contributed by atoms with Crippen LogP contribution in [0.4, 0.5) is 4.79 Å². The minimum Gasteiger partial charge on any atom is -0.459 e. The van der Waals surface area contributed by atoms with Crippen molar-refractivity contribution in [3.05, 3.63) is 84.0 Å². The van der Waals surface area contributed by atoms with Crippen molar-refractivity contribution in [3.63, 3.8) is 0 Å². The number of rotatable bonds is 42. The first kappa shape index (κ1) is 62.6. The first-order chi connectivity index (χ1) is 37.3. The molecule has 2 aliphatic carbocycles. The van der Waals surface area contributed by atoms with Gasteiger partial charge in [-0.2, -0.15) is 0 Å². The predicted octanol–water partition coefficient (Wildman–Crippen LogP) is 13.3. The van der Waals surface area contributed by atoms with Gasteiger partial charge in [0.1, 0.15) is 24.1 Å². The van der Waals surface area contributed by atoms with Gasteiger partial charge in [-0.1, -0.05) is 183 Å². The number of nitrogens with one attached hydrogen (secondary N) is 1. The molecule has 1 saturated carbocycles. The fraction of sp³-hybridized carbons (Fsp3) is 0.698. The molecule has 6 atom stereocenters. The van der Waals surface area contributed by atoms with Crippen molar-refractivity contribution in [2.45, 2.75) is 212 Å². The van der Waals surface area contributed by atoms with Crippen LogP contribution in [0, 0.1) is 17.8 Å². The first-order valence-electron chi connectivity index (χ1n) is 30.0. The summed E-state index contributed by atoms with van der Waals surface area (Å²) in [4.78, 5) is 36.8. The molecule has 0 radical (unpaired) electrons. The zero-order valence-electron chi connectivity index (χ0n) is 46.9. The molecule has 6 unspecified atom stereocenters. The third-order valence-electron chi connectivity index (χ3n) is 15.8. The highest BCUT2D eigenvalue weighted by atomic mass is 16.7. The summed E-state index contributed by atoms with van der Waals surface area (Å²) in [5, 5.41) is 37.9. The minimum absolute atomic E-state index is 0.00184. The van der Waals surface area contributed by atoms with Crippen LogP contribution in [0.3, 0.4) is 0 Å². The van der Waals surface area contributed by atoms with Crippen molar-refractivity contribution in [1.82, 2.24) is 10.2 Å². The molecule has 1 aliphatic heterocycles. The Morgan fingerprint density at radius 2 is 1.42 bits per heavy atom. The van der Waals surface area contributed by atoms with Gasteiger partial charge in [0.05, 0.1) is 38.1 Å². The van der Waals surface area contributed by atoms with Crippen LogP contribution in [-0.2, 0) is 25.7 Å². The van der Waals surface area contributed by atoms with Gasteiger partial charge in [-0.05, 0) is 79.7 Å². The standard InChI is InChI=1S/C63H99N3O10/c1-4-7-9-11-13-15-17-19-21-28-38-64-62(71)75-52-36-37-57-55(47-52)60-53(34-27-30-41-68)51(33-26-29-40-67)46-54-56(65-74-49-50-31-23-22-24-32-50)48-58(63(76-57,61(54)60)73-43-6-3)66(39-44-72-45-42-69)59(70)35-25-20-18-16-14-12-10-8-5-2/h6,22-24,31-32,36-37,46-47,51,53,58,60-61,67-69H,3-5,7-21,25-30,33-35,38-45,48-49H2,1-2H3,(H,64,71). The molecule has 4 N–H and O–H groups in total. The number of hydrogen-bond donors (Lipinski definition) is 4. The molecule has 0 bridgehead atoms. The Labute approximate surface area is 457 Å². The summed E-state index contributed by atoms with van der Waals surface area (Å²) >= 11 is 0. The molecule has 13 nitrogen and oxygen atoms in total. The lowest BCUT2D eigenvalue weighted by molar-refractivity contribution is -0.258. The number of amides is 2. The minimum atomic E-state index is -1.44. The molecule has 2 aromatic rings. The quantitative estimate of drug-likeness (QED) is 0.0285. The summed E-state index contributed by atoms with van der Waals surface area (Å²) in [5.41, 5.74) is 3.48. The summed E-state index contributed by atoms with van der Waals surface area (Å²) in [6.07, 6.45) is 30.9. The Morgan fingerprint density at radius 3 is 2.07 bits per heavy atom. The van der Waals surface area contributed by atoms with Crippen LogP contribution in [0.15, 0.2) is 78.0 Å². The third kappa shape index (κ3) is 19.9. The Morgan fingerprint density at radius 1 is 0.776 bits per heavy atom. The number of carbonyl (C=O) groups excluding carboxylic acids is 2. The van der Waals surface area contributed by atoms with E-state index < -0.39 is 23.8 Å². The van der Waals surface area contributed by atoms with Gasteiger partial charge in [0.25, 0.3) is 0 Å². The fourth-order valence-electron chi connectivity index (χ4n) is 11.9.